The van der Waals surface area contributed by atoms with Crippen LogP contribution in [-0.2, 0) is 16.1 Å². The van der Waals surface area contributed by atoms with Gasteiger partial charge in [0.2, 0.25) is 0 Å². The van der Waals surface area contributed by atoms with E-state index >= 15 is 0 Å². The van der Waals surface area contributed by atoms with Crippen LogP contribution in [0.4, 0.5) is 0 Å². The minimum Gasteiger partial charge on any atom is -0.466 e. The van der Waals surface area contributed by atoms with E-state index < -0.39 is 0 Å². The number of nitrogens with one attached hydrogen (secondary N) is 1. The van der Waals surface area contributed by atoms with Crippen molar-refractivity contribution in [2.75, 3.05) is 13.2 Å². The Morgan fingerprint density at radius 3 is 3.00 bits per heavy atom. The van der Waals surface area contributed by atoms with Crippen molar-refractivity contribution in [2.45, 2.75) is 26.3 Å². The maximum Gasteiger partial charge on any atom is 0.305 e. The number of benzene rings is 1. The van der Waals surface area contributed by atoms with Gasteiger partial charge in [-0.05, 0) is 30.8 Å². The van der Waals surface area contributed by atoms with Crippen LogP contribution >= 0.6 is 0 Å². The summed E-state index contributed by atoms with van der Waals surface area (Å²) in [6.45, 7) is 3.83. The quantitative estimate of drug-likeness (QED) is 0.622. The first-order valence-electron chi connectivity index (χ1n) is 6.99. The summed E-state index contributed by atoms with van der Waals surface area (Å²) in [4.78, 5) is 15.4. The number of hydrogen-bond donors (Lipinski definition) is 1. The van der Waals surface area contributed by atoms with Crippen LogP contribution in [0.5, 0.6) is 0 Å². The van der Waals surface area contributed by atoms with Gasteiger partial charge in [0, 0.05) is 30.7 Å². The summed E-state index contributed by atoms with van der Waals surface area (Å²) in [6, 6.07) is 8.21. The number of nitrogens with zero attached hydrogens (tertiary/aromatic N) is 1. The highest BCUT2D eigenvalue weighted by molar-refractivity contribution is 5.84. The summed E-state index contributed by atoms with van der Waals surface area (Å²) < 4.78 is 4.89. The number of esters is 1. The fraction of sp³-hybridized carbons (Fsp3) is 0.375. The minimum atomic E-state index is -0.124. The minimum absolute atomic E-state index is 0.124. The predicted molar refractivity (Wildman–Crippen MR) is 79.3 cm³/mol. The lowest BCUT2D eigenvalue weighted by atomic mass is 10.1. The van der Waals surface area contributed by atoms with Crippen molar-refractivity contribution >= 4 is 16.7 Å². The number of aromatic nitrogens is 1. The summed E-state index contributed by atoms with van der Waals surface area (Å²) in [5.41, 5.74) is 1.18. The van der Waals surface area contributed by atoms with Crippen molar-refractivity contribution in [1.29, 1.82) is 0 Å². The fourth-order valence-electron chi connectivity index (χ4n) is 2.13. The Morgan fingerprint density at radius 1 is 1.30 bits per heavy atom. The van der Waals surface area contributed by atoms with Crippen molar-refractivity contribution < 1.29 is 9.53 Å². The van der Waals surface area contributed by atoms with Gasteiger partial charge in [-0.2, -0.15) is 0 Å². The second-order valence-electron chi connectivity index (χ2n) is 4.61. The standard InChI is InChI=1S/C16H20N2O2/c1-2-20-16(19)8-5-9-17-11-14-12-18-10-13-6-3-4-7-15(13)14/h3-4,6-7,10,12,17H,2,5,8-9,11H2,1H3. The van der Waals surface area contributed by atoms with E-state index in [1.165, 1.54) is 10.9 Å². The zero-order valence-electron chi connectivity index (χ0n) is 11.8. The Hall–Kier alpha value is -1.94. The third kappa shape index (κ3) is 4.03. The molecule has 106 valence electrons. The molecule has 0 aliphatic heterocycles. The molecule has 2 rings (SSSR count). The van der Waals surface area contributed by atoms with E-state index in [1.54, 1.807) is 0 Å². The predicted octanol–water partition coefficient (Wildman–Crippen LogP) is 2.67. The van der Waals surface area contributed by atoms with E-state index in [0.717, 1.165) is 24.9 Å². The highest BCUT2D eigenvalue weighted by atomic mass is 16.5. The number of carbonyl (C=O) groups is 1. The third-order valence-corrected chi connectivity index (χ3v) is 3.11. The van der Waals surface area contributed by atoms with E-state index in [9.17, 15) is 4.79 Å². The number of ether oxygens (including phenoxy) is 1. The molecule has 0 fully saturated rings. The topological polar surface area (TPSA) is 51.2 Å². The molecule has 0 unspecified atom stereocenters. The van der Waals surface area contributed by atoms with Crippen LogP contribution in [0.15, 0.2) is 36.7 Å². The van der Waals surface area contributed by atoms with Crippen LogP contribution < -0.4 is 5.32 Å². The summed E-state index contributed by atoms with van der Waals surface area (Å²) >= 11 is 0. The first-order valence-corrected chi connectivity index (χ1v) is 6.99. The molecule has 4 nitrogen and oxygen atoms in total. The van der Waals surface area contributed by atoms with Crippen molar-refractivity contribution in [3.63, 3.8) is 0 Å². The zero-order chi connectivity index (χ0) is 14.2. The molecule has 0 bridgehead atoms. The molecule has 20 heavy (non-hydrogen) atoms. The molecule has 0 saturated carbocycles. The second kappa shape index (κ2) is 7.60. The lowest BCUT2D eigenvalue weighted by molar-refractivity contribution is -0.143. The van der Waals surface area contributed by atoms with E-state index in [1.807, 2.05) is 31.5 Å². The van der Waals surface area contributed by atoms with Gasteiger partial charge in [-0.3, -0.25) is 9.78 Å². The molecule has 0 aliphatic rings. The molecule has 4 heteroatoms. The Bertz CT molecular complexity index is 564. The summed E-state index contributed by atoms with van der Waals surface area (Å²) in [5.74, 6) is -0.124. The van der Waals surface area contributed by atoms with Crippen molar-refractivity contribution in [3.8, 4) is 0 Å². The lowest BCUT2D eigenvalue weighted by Crippen LogP contribution is -2.16. The fourth-order valence-corrected chi connectivity index (χ4v) is 2.13. The SMILES string of the molecule is CCOC(=O)CCCNCc1cncc2ccccc12. The number of carbonyl (C=O) groups excluding carboxylic acids is 1. The van der Waals surface area contributed by atoms with Gasteiger partial charge in [0.05, 0.1) is 6.61 Å². The van der Waals surface area contributed by atoms with Gasteiger partial charge in [0.25, 0.3) is 0 Å². The third-order valence-electron chi connectivity index (χ3n) is 3.11. The molecule has 0 amide bonds. The van der Waals surface area contributed by atoms with Crippen molar-refractivity contribution in [2.24, 2.45) is 0 Å². The summed E-state index contributed by atoms with van der Waals surface area (Å²) in [7, 11) is 0. The molecule has 1 heterocycles. The van der Waals surface area contributed by atoms with Gasteiger partial charge >= 0.3 is 5.97 Å². The maximum atomic E-state index is 11.2. The van der Waals surface area contributed by atoms with Crippen molar-refractivity contribution in [1.82, 2.24) is 10.3 Å². The van der Waals surface area contributed by atoms with Gasteiger partial charge < -0.3 is 10.1 Å². The van der Waals surface area contributed by atoms with Crippen LogP contribution in [0, 0.1) is 0 Å². The lowest BCUT2D eigenvalue weighted by Gasteiger charge is -2.07. The van der Waals surface area contributed by atoms with E-state index in [2.05, 4.69) is 22.4 Å². The van der Waals surface area contributed by atoms with Crippen LogP contribution in [-0.4, -0.2) is 24.1 Å². The van der Waals surface area contributed by atoms with Crippen molar-refractivity contribution in [3.05, 3.63) is 42.2 Å². The van der Waals surface area contributed by atoms with Gasteiger partial charge in [-0.25, -0.2) is 0 Å². The second-order valence-corrected chi connectivity index (χ2v) is 4.61. The summed E-state index contributed by atoms with van der Waals surface area (Å²) in [5, 5.41) is 5.72. The first-order chi connectivity index (χ1) is 9.81. The van der Waals surface area contributed by atoms with E-state index in [0.29, 0.717) is 13.0 Å². The Morgan fingerprint density at radius 2 is 2.15 bits per heavy atom. The summed E-state index contributed by atoms with van der Waals surface area (Å²) in [6.07, 6.45) is 5.02. The van der Waals surface area contributed by atoms with Crippen LogP contribution in [0.2, 0.25) is 0 Å². The number of hydrogen-bond acceptors (Lipinski definition) is 4. The van der Waals surface area contributed by atoms with Gasteiger partial charge in [0.1, 0.15) is 0 Å². The molecular formula is C16H20N2O2. The normalized spacial score (nSPS) is 10.7. The van der Waals surface area contributed by atoms with Crippen LogP contribution in [0.25, 0.3) is 10.8 Å². The monoisotopic (exact) mass is 272 g/mol. The molecule has 1 aromatic heterocycles. The molecule has 0 spiro atoms. The number of pyridine rings is 1. The van der Waals surface area contributed by atoms with Crippen LogP contribution in [0.3, 0.4) is 0 Å². The van der Waals surface area contributed by atoms with E-state index in [4.69, 9.17) is 4.74 Å². The highest BCUT2D eigenvalue weighted by Crippen LogP contribution is 2.16. The Kier molecular flexibility index (Phi) is 5.50. The molecule has 0 radical (unpaired) electrons. The molecule has 1 aromatic carbocycles. The molecule has 0 saturated heterocycles. The van der Waals surface area contributed by atoms with Gasteiger partial charge in [-0.1, -0.05) is 24.3 Å². The van der Waals surface area contributed by atoms with Crippen LogP contribution in [0.1, 0.15) is 25.3 Å². The van der Waals surface area contributed by atoms with E-state index in [-0.39, 0.29) is 5.97 Å². The average molecular weight is 272 g/mol. The maximum absolute atomic E-state index is 11.2. The largest absolute Gasteiger partial charge is 0.466 e. The average Bonchev–Trinajstić information content (AvgIpc) is 2.47. The molecule has 1 N–H and O–H groups in total. The molecular weight excluding hydrogens is 252 g/mol. The molecule has 2 aromatic rings. The number of rotatable bonds is 7. The first kappa shape index (κ1) is 14.5. The molecule has 0 aliphatic carbocycles. The number of fused-ring (bicyclic) bond motifs is 1. The zero-order valence-corrected chi connectivity index (χ0v) is 11.8. The Balaban J connectivity index is 1.80. The molecule has 0 atom stereocenters. The Labute approximate surface area is 119 Å². The highest BCUT2D eigenvalue weighted by Gasteiger charge is 2.02. The van der Waals surface area contributed by atoms with Gasteiger partial charge in [0.15, 0.2) is 0 Å². The van der Waals surface area contributed by atoms with Gasteiger partial charge in [-0.15, -0.1) is 0 Å². The smallest absolute Gasteiger partial charge is 0.305 e.